The largest absolute Gasteiger partial charge is 0.309 e. The van der Waals surface area contributed by atoms with Gasteiger partial charge in [0.15, 0.2) is 0 Å². The minimum absolute atomic E-state index is 0.244. The SMILES string of the molecule is CC(C)(C)P(c1nccn1P(C(C)(C)C)C(C)(C)C)C(C)(C)C.CC(C)(C)P(c1nccn1P(C(C)(C)C)C(C)(C)C)C(C)(C)C. The van der Waals surface area contributed by atoms with Gasteiger partial charge < -0.3 is 8.68 Å². The molecule has 0 aliphatic heterocycles. The predicted molar refractivity (Wildman–Crippen MR) is 220 cm³/mol. The van der Waals surface area contributed by atoms with Crippen LogP contribution in [-0.2, 0) is 0 Å². The van der Waals surface area contributed by atoms with Crippen molar-refractivity contribution in [2.75, 3.05) is 0 Å². The van der Waals surface area contributed by atoms with Crippen LogP contribution in [0.2, 0.25) is 0 Å². The molecule has 268 valence electrons. The normalized spacial score (nSPS) is 14.9. The average Bonchev–Trinajstić information content (AvgIpc) is 3.30. The van der Waals surface area contributed by atoms with Gasteiger partial charge in [-0.1, -0.05) is 166 Å². The zero-order valence-electron chi connectivity index (χ0n) is 34.9. The molecule has 0 unspecified atom stereocenters. The van der Waals surface area contributed by atoms with Crippen LogP contribution in [0.15, 0.2) is 24.8 Å². The van der Waals surface area contributed by atoms with Crippen molar-refractivity contribution in [3.05, 3.63) is 24.8 Å². The van der Waals surface area contributed by atoms with E-state index in [1.54, 1.807) is 0 Å². The van der Waals surface area contributed by atoms with Crippen molar-refractivity contribution in [1.82, 2.24) is 18.6 Å². The van der Waals surface area contributed by atoms with Gasteiger partial charge in [-0.3, -0.25) is 0 Å². The van der Waals surface area contributed by atoms with E-state index in [4.69, 9.17) is 9.97 Å². The molecule has 2 heterocycles. The lowest BCUT2D eigenvalue weighted by atomic mass is 10.2. The number of hydrogen-bond acceptors (Lipinski definition) is 2. The van der Waals surface area contributed by atoms with Crippen LogP contribution in [-0.4, -0.2) is 59.9 Å². The molecule has 0 fully saturated rings. The van der Waals surface area contributed by atoms with E-state index < -0.39 is 0 Å². The monoisotopic (exact) mass is 713 g/mol. The van der Waals surface area contributed by atoms with Crippen molar-refractivity contribution in [2.24, 2.45) is 0 Å². The topological polar surface area (TPSA) is 35.6 Å². The van der Waals surface area contributed by atoms with Crippen molar-refractivity contribution in [1.29, 1.82) is 0 Å². The lowest BCUT2D eigenvalue weighted by molar-refractivity contribution is 0.690. The van der Waals surface area contributed by atoms with Gasteiger partial charge in [-0.05, 0) is 36.5 Å². The van der Waals surface area contributed by atoms with Gasteiger partial charge in [-0.25, -0.2) is 9.97 Å². The van der Waals surface area contributed by atoms with E-state index in [1.807, 2.05) is 12.4 Å². The maximum absolute atomic E-state index is 4.91. The number of aromatic nitrogens is 4. The van der Waals surface area contributed by atoms with Crippen LogP contribution in [0.3, 0.4) is 0 Å². The highest BCUT2D eigenvalue weighted by Crippen LogP contribution is 2.65. The van der Waals surface area contributed by atoms with Crippen LogP contribution < -0.4 is 11.1 Å². The van der Waals surface area contributed by atoms with E-state index in [0.717, 1.165) is 0 Å². The summed E-state index contributed by atoms with van der Waals surface area (Å²) in [5.74, 6) is 0. The Morgan fingerprint density at radius 2 is 0.543 bits per heavy atom. The van der Waals surface area contributed by atoms with Crippen LogP contribution in [0.5, 0.6) is 0 Å². The van der Waals surface area contributed by atoms with Crippen LogP contribution in [0.25, 0.3) is 0 Å². The second-order valence-electron chi connectivity index (χ2n) is 20.8. The van der Waals surface area contributed by atoms with Gasteiger partial charge in [0.05, 0.1) is 0 Å². The summed E-state index contributed by atoms with van der Waals surface area (Å²) < 4.78 is 5.13. The Morgan fingerprint density at radius 3 is 0.696 bits per heavy atom. The summed E-state index contributed by atoms with van der Waals surface area (Å²) in [7, 11) is -1.52. The molecule has 0 amide bonds. The molecular formula is C38H76N4P4. The molecule has 2 aromatic heterocycles. The Hall–Kier alpha value is 0.140. The third-order valence-electron chi connectivity index (χ3n) is 7.26. The molecule has 0 atom stereocenters. The van der Waals surface area contributed by atoms with E-state index in [9.17, 15) is 0 Å². The lowest BCUT2D eigenvalue weighted by Crippen LogP contribution is -2.38. The first-order chi connectivity index (χ1) is 19.9. The smallest absolute Gasteiger partial charge is 0.135 e. The van der Waals surface area contributed by atoms with Crippen molar-refractivity contribution in [3.8, 4) is 0 Å². The number of rotatable bonds is 4. The van der Waals surface area contributed by atoms with E-state index in [1.165, 1.54) is 11.1 Å². The van der Waals surface area contributed by atoms with E-state index >= 15 is 0 Å². The van der Waals surface area contributed by atoms with Crippen LogP contribution >= 0.6 is 32.0 Å². The number of nitrogens with zero attached hydrogens (tertiary/aromatic N) is 4. The molecule has 2 aromatic rings. The van der Waals surface area contributed by atoms with Crippen molar-refractivity contribution in [2.45, 2.75) is 207 Å². The van der Waals surface area contributed by atoms with Crippen molar-refractivity contribution < 1.29 is 0 Å². The van der Waals surface area contributed by atoms with Crippen LogP contribution in [0.4, 0.5) is 0 Å². The lowest BCUT2D eigenvalue weighted by Gasteiger charge is -2.46. The minimum atomic E-state index is -0.380. The predicted octanol–water partition coefficient (Wildman–Crippen LogP) is 12.9. The zero-order valence-corrected chi connectivity index (χ0v) is 38.5. The van der Waals surface area contributed by atoms with Crippen molar-refractivity contribution in [3.63, 3.8) is 0 Å². The van der Waals surface area contributed by atoms with E-state index in [-0.39, 0.29) is 73.2 Å². The van der Waals surface area contributed by atoms with Gasteiger partial charge >= 0.3 is 0 Å². The summed E-state index contributed by atoms with van der Waals surface area (Å²) in [6.45, 7) is 57.0. The van der Waals surface area contributed by atoms with Crippen molar-refractivity contribution >= 4 is 43.1 Å². The molecule has 2 rings (SSSR count). The molecule has 0 saturated carbocycles. The Kier molecular flexibility index (Phi) is 13.8. The molecule has 0 aliphatic carbocycles. The third kappa shape index (κ3) is 11.6. The summed E-state index contributed by atoms with van der Waals surface area (Å²) in [4.78, 5) is 9.81. The summed E-state index contributed by atoms with van der Waals surface area (Å²) >= 11 is 0. The maximum atomic E-state index is 4.91. The van der Waals surface area contributed by atoms with E-state index in [0.29, 0.717) is 0 Å². The number of imidazole rings is 2. The minimum Gasteiger partial charge on any atom is -0.309 e. The Labute approximate surface area is 293 Å². The standard InChI is InChI=1S/2C19H38N2P2/c2*1-16(2,3)22(17(4,5)6)15-20-13-14-21(15)23(18(7,8)9)19(10,11)12/h2*13-14H,1-12H3. The highest BCUT2D eigenvalue weighted by atomic mass is 31.1. The first-order valence-corrected chi connectivity index (χ1v) is 22.5. The van der Waals surface area contributed by atoms with Crippen LogP contribution in [0, 0.1) is 0 Å². The number of hydrogen-bond donors (Lipinski definition) is 0. The molecule has 0 radical (unpaired) electrons. The Bertz CT molecular complexity index is 988. The second-order valence-corrected chi connectivity index (χ2v) is 35.8. The quantitative estimate of drug-likeness (QED) is 0.296. The summed E-state index contributed by atoms with van der Waals surface area (Å²) in [6.07, 6.45) is 8.53. The molecule has 0 saturated heterocycles. The van der Waals surface area contributed by atoms with Gasteiger partial charge in [0.25, 0.3) is 0 Å². The fourth-order valence-electron chi connectivity index (χ4n) is 7.73. The molecule has 0 aliphatic rings. The molecule has 0 aromatic carbocycles. The Morgan fingerprint density at radius 1 is 0.348 bits per heavy atom. The van der Waals surface area contributed by atoms with Gasteiger partial charge in [0.2, 0.25) is 0 Å². The van der Waals surface area contributed by atoms with E-state index in [2.05, 4.69) is 187 Å². The third-order valence-corrected chi connectivity index (χ3v) is 21.0. The van der Waals surface area contributed by atoms with Gasteiger partial charge in [-0.2, -0.15) is 0 Å². The highest BCUT2D eigenvalue weighted by Gasteiger charge is 2.45. The summed E-state index contributed by atoms with van der Waals surface area (Å²) in [6, 6.07) is 0. The van der Waals surface area contributed by atoms with Gasteiger partial charge in [0.1, 0.15) is 11.1 Å². The zero-order chi connectivity index (χ0) is 36.9. The maximum Gasteiger partial charge on any atom is 0.135 e. The molecule has 4 nitrogen and oxygen atoms in total. The first kappa shape index (κ1) is 44.2. The fraction of sp³-hybridized carbons (Fsp3) is 0.842. The molecule has 8 heteroatoms. The first-order valence-electron chi connectivity index (χ1n) is 17.2. The van der Waals surface area contributed by atoms with Gasteiger partial charge in [-0.15, -0.1) is 0 Å². The Balaban J connectivity index is 0.000000460. The highest BCUT2D eigenvalue weighted by molar-refractivity contribution is 7.70. The molecule has 0 N–H and O–H groups in total. The summed E-state index contributed by atoms with van der Waals surface area (Å²) in [5, 5.41) is 1.97. The summed E-state index contributed by atoms with van der Waals surface area (Å²) in [5.41, 5.74) is 2.66. The average molecular weight is 713 g/mol. The second kappa shape index (κ2) is 14.4. The molecular weight excluding hydrogens is 636 g/mol. The molecule has 0 bridgehead atoms. The fourth-order valence-corrected chi connectivity index (χ4v) is 23.6. The van der Waals surface area contributed by atoms with Crippen LogP contribution in [0.1, 0.15) is 166 Å². The van der Waals surface area contributed by atoms with Gasteiger partial charge in [0, 0.05) is 61.6 Å². The molecule has 46 heavy (non-hydrogen) atoms. The molecule has 0 spiro atoms.